The van der Waals surface area contributed by atoms with Crippen molar-refractivity contribution in [2.24, 2.45) is 10.7 Å². The molecule has 0 aromatic heterocycles. The van der Waals surface area contributed by atoms with Gasteiger partial charge in [0.25, 0.3) is 0 Å². The lowest BCUT2D eigenvalue weighted by Gasteiger charge is -2.10. The van der Waals surface area contributed by atoms with Crippen molar-refractivity contribution in [3.8, 4) is 0 Å². The highest BCUT2D eigenvalue weighted by molar-refractivity contribution is 5.95. The minimum absolute atomic E-state index is 0.0538. The summed E-state index contributed by atoms with van der Waals surface area (Å²) in [6, 6.07) is 6.52. The Balaban J connectivity index is 2.01. The molecular formula is C12H15FN2O. The van der Waals surface area contributed by atoms with E-state index in [2.05, 4.69) is 4.99 Å². The first-order valence-electron chi connectivity index (χ1n) is 5.47. The van der Waals surface area contributed by atoms with Gasteiger partial charge in [-0.1, -0.05) is 12.1 Å². The summed E-state index contributed by atoms with van der Waals surface area (Å²) >= 11 is 0. The number of hydrogen-bond acceptors (Lipinski definition) is 3. The largest absolute Gasteiger partial charge is 0.472 e. The van der Waals surface area contributed by atoms with Crippen molar-refractivity contribution in [3.63, 3.8) is 0 Å². The van der Waals surface area contributed by atoms with Crippen molar-refractivity contribution >= 4 is 5.90 Å². The summed E-state index contributed by atoms with van der Waals surface area (Å²) in [6.45, 7) is 1.25. The van der Waals surface area contributed by atoms with Crippen LogP contribution in [0.15, 0.2) is 29.3 Å². The molecule has 16 heavy (non-hydrogen) atoms. The molecule has 0 saturated carbocycles. The molecule has 0 fully saturated rings. The third-order valence-electron chi connectivity index (χ3n) is 2.55. The van der Waals surface area contributed by atoms with Crippen LogP contribution in [-0.2, 0) is 4.74 Å². The van der Waals surface area contributed by atoms with E-state index in [1.54, 1.807) is 18.2 Å². The third kappa shape index (κ3) is 2.39. The molecule has 0 spiro atoms. The highest BCUT2D eigenvalue weighted by Gasteiger charge is 2.22. The zero-order chi connectivity index (χ0) is 11.4. The maximum absolute atomic E-state index is 13.4. The van der Waals surface area contributed by atoms with Gasteiger partial charge in [0.15, 0.2) is 0 Å². The number of nitrogens with zero attached hydrogens (tertiary/aromatic N) is 1. The molecule has 1 heterocycles. The van der Waals surface area contributed by atoms with Gasteiger partial charge in [0.05, 0.1) is 12.1 Å². The Hall–Kier alpha value is -1.42. The monoisotopic (exact) mass is 222 g/mol. The second kappa shape index (κ2) is 5.07. The van der Waals surface area contributed by atoms with Crippen LogP contribution >= 0.6 is 0 Å². The zero-order valence-corrected chi connectivity index (χ0v) is 9.03. The fourth-order valence-electron chi connectivity index (χ4n) is 1.70. The molecule has 1 unspecified atom stereocenters. The van der Waals surface area contributed by atoms with E-state index in [-0.39, 0.29) is 11.9 Å². The van der Waals surface area contributed by atoms with Gasteiger partial charge in [-0.2, -0.15) is 0 Å². The lowest BCUT2D eigenvalue weighted by Crippen LogP contribution is -2.15. The molecule has 1 atom stereocenters. The minimum Gasteiger partial charge on any atom is -0.472 e. The van der Waals surface area contributed by atoms with Crippen LogP contribution in [0.4, 0.5) is 4.39 Å². The standard InChI is InChI=1S/C12H15FN2O/c13-11-6-2-1-5-10(11)12-15-8-9(16-12)4-3-7-14/h1-2,5-6,9H,3-4,7-8,14H2. The fourth-order valence-corrected chi connectivity index (χ4v) is 1.70. The summed E-state index contributed by atoms with van der Waals surface area (Å²) in [5.74, 6) is 0.126. The van der Waals surface area contributed by atoms with Crippen LogP contribution in [0.1, 0.15) is 18.4 Å². The summed E-state index contributed by atoms with van der Waals surface area (Å²) in [4.78, 5) is 4.21. The SMILES string of the molecule is NCCCC1CN=C(c2ccccc2F)O1. The number of benzene rings is 1. The summed E-state index contributed by atoms with van der Waals surface area (Å²) in [5, 5.41) is 0. The molecular weight excluding hydrogens is 207 g/mol. The van der Waals surface area contributed by atoms with Gasteiger partial charge in [0, 0.05) is 0 Å². The molecule has 0 amide bonds. The Kier molecular flexibility index (Phi) is 3.51. The summed E-state index contributed by atoms with van der Waals surface area (Å²) in [7, 11) is 0. The number of ether oxygens (including phenoxy) is 1. The van der Waals surface area contributed by atoms with Gasteiger partial charge >= 0.3 is 0 Å². The Labute approximate surface area is 94.1 Å². The molecule has 86 valence electrons. The van der Waals surface area contributed by atoms with Crippen molar-refractivity contribution in [1.82, 2.24) is 0 Å². The van der Waals surface area contributed by atoms with E-state index >= 15 is 0 Å². The van der Waals surface area contributed by atoms with Crippen molar-refractivity contribution in [1.29, 1.82) is 0 Å². The number of aliphatic imine (C=N–C) groups is 1. The highest BCUT2D eigenvalue weighted by Crippen LogP contribution is 2.17. The molecule has 2 rings (SSSR count). The Morgan fingerprint density at radius 3 is 3.00 bits per heavy atom. The first kappa shape index (κ1) is 11.1. The van der Waals surface area contributed by atoms with Gasteiger partial charge in [-0.15, -0.1) is 0 Å². The Morgan fingerprint density at radius 2 is 2.25 bits per heavy atom. The Morgan fingerprint density at radius 1 is 1.44 bits per heavy atom. The van der Waals surface area contributed by atoms with Crippen molar-refractivity contribution in [2.75, 3.05) is 13.1 Å². The lowest BCUT2D eigenvalue weighted by molar-refractivity contribution is 0.211. The molecule has 0 saturated heterocycles. The summed E-state index contributed by atoms with van der Waals surface area (Å²) in [5.41, 5.74) is 5.87. The van der Waals surface area contributed by atoms with Crippen molar-refractivity contribution in [3.05, 3.63) is 35.6 Å². The maximum Gasteiger partial charge on any atom is 0.219 e. The number of rotatable bonds is 4. The predicted octanol–water partition coefficient (Wildman–Crippen LogP) is 1.71. The van der Waals surface area contributed by atoms with Crippen LogP contribution in [0, 0.1) is 5.82 Å². The zero-order valence-electron chi connectivity index (χ0n) is 9.03. The molecule has 0 radical (unpaired) electrons. The van der Waals surface area contributed by atoms with Gasteiger partial charge in [-0.25, -0.2) is 9.38 Å². The molecule has 0 aliphatic carbocycles. The maximum atomic E-state index is 13.4. The van der Waals surface area contributed by atoms with Crippen LogP contribution in [0.2, 0.25) is 0 Å². The number of nitrogens with two attached hydrogens (primary N) is 1. The second-order valence-electron chi connectivity index (χ2n) is 3.80. The predicted molar refractivity (Wildman–Crippen MR) is 61.0 cm³/mol. The van der Waals surface area contributed by atoms with Crippen LogP contribution in [0.25, 0.3) is 0 Å². The number of halogens is 1. The van der Waals surface area contributed by atoms with E-state index in [4.69, 9.17) is 10.5 Å². The normalized spacial score (nSPS) is 19.4. The second-order valence-corrected chi connectivity index (χ2v) is 3.80. The van der Waals surface area contributed by atoms with E-state index < -0.39 is 0 Å². The van der Waals surface area contributed by atoms with Gasteiger partial charge < -0.3 is 10.5 Å². The highest BCUT2D eigenvalue weighted by atomic mass is 19.1. The molecule has 0 bridgehead atoms. The first-order valence-corrected chi connectivity index (χ1v) is 5.47. The quantitative estimate of drug-likeness (QED) is 0.843. The van der Waals surface area contributed by atoms with E-state index in [9.17, 15) is 4.39 Å². The summed E-state index contributed by atoms with van der Waals surface area (Å²) < 4.78 is 19.0. The average molecular weight is 222 g/mol. The molecule has 1 aromatic rings. The van der Waals surface area contributed by atoms with E-state index in [0.29, 0.717) is 24.6 Å². The van der Waals surface area contributed by atoms with E-state index in [1.807, 2.05) is 0 Å². The van der Waals surface area contributed by atoms with Crippen molar-refractivity contribution in [2.45, 2.75) is 18.9 Å². The summed E-state index contributed by atoms with van der Waals surface area (Å²) in [6.07, 6.45) is 1.83. The van der Waals surface area contributed by atoms with E-state index in [0.717, 1.165) is 12.8 Å². The van der Waals surface area contributed by atoms with Crippen molar-refractivity contribution < 1.29 is 9.13 Å². The lowest BCUT2D eigenvalue weighted by atomic mass is 10.2. The van der Waals surface area contributed by atoms with Gasteiger partial charge in [-0.05, 0) is 31.5 Å². The molecule has 1 aliphatic rings. The smallest absolute Gasteiger partial charge is 0.219 e. The average Bonchev–Trinajstić information content (AvgIpc) is 2.75. The van der Waals surface area contributed by atoms with Crippen LogP contribution in [0.3, 0.4) is 0 Å². The van der Waals surface area contributed by atoms with Gasteiger partial charge in [0.2, 0.25) is 5.90 Å². The van der Waals surface area contributed by atoms with Crippen LogP contribution < -0.4 is 5.73 Å². The topological polar surface area (TPSA) is 47.6 Å². The van der Waals surface area contributed by atoms with Gasteiger partial charge in [0.1, 0.15) is 11.9 Å². The third-order valence-corrected chi connectivity index (χ3v) is 2.55. The van der Waals surface area contributed by atoms with Crippen LogP contribution in [0.5, 0.6) is 0 Å². The van der Waals surface area contributed by atoms with Crippen LogP contribution in [-0.4, -0.2) is 25.1 Å². The van der Waals surface area contributed by atoms with E-state index in [1.165, 1.54) is 6.07 Å². The van der Waals surface area contributed by atoms with Gasteiger partial charge in [-0.3, -0.25) is 0 Å². The fraction of sp³-hybridized carbons (Fsp3) is 0.417. The number of hydrogen-bond donors (Lipinski definition) is 1. The molecule has 4 heteroatoms. The minimum atomic E-state index is -0.291. The molecule has 2 N–H and O–H groups in total. The Bertz CT molecular complexity index is 392. The first-order chi connectivity index (χ1) is 7.81. The molecule has 3 nitrogen and oxygen atoms in total. The molecule has 1 aromatic carbocycles. The molecule has 1 aliphatic heterocycles.